The molecule has 6 aliphatic rings. The van der Waals surface area contributed by atoms with Crippen molar-refractivity contribution in [1.29, 1.82) is 0 Å². The Balaban J connectivity index is 0.715. The van der Waals surface area contributed by atoms with Gasteiger partial charge in [-0.05, 0) is 110 Å². The molecule has 5 saturated heterocycles. The van der Waals surface area contributed by atoms with E-state index in [0.717, 1.165) is 27.8 Å². The molecule has 8 amide bonds. The fourth-order valence-electron chi connectivity index (χ4n) is 13.7. The number of benzene rings is 4. The summed E-state index contributed by atoms with van der Waals surface area (Å²) in [6.45, 7) is 5.24. The van der Waals surface area contributed by atoms with Crippen LogP contribution < -0.4 is 34.9 Å². The van der Waals surface area contributed by atoms with Gasteiger partial charge in [-0.2, -0.15) is 0 Å². The Kier molecular flexibility index (Phi) is 17.9. The third kappa shape index (κ3) is 12.5. The van der Waals surface area contributed by atoms with Gasteiger partial charge in [0.25, 0.3) is 5.95 Å². The number of carbonyl (C=O) groups is 9. The van der Waals surface area contributed by atoms with Crippen LogP contribution in [0.2, 0.25) is 0 Å². The summed E-state index contributed by atoms with van der Waals surface area (Å²) in [6, 6.07) is 20.4. The number of carbonyl (C=O) groups excluding carboxylic acids is 9. The number of likely N-dealkylation sites (tertiary alicyclic amines) is 5. The Morgan fingerprint density at radius 2 is 1.11 bits per heavy atom. The molecule has 5 unspecified atom stereocenters. The predicted octanol–water partition coefficient (Wildman–Crippen LogP) is 5.36. The highest BCUT2D eigenvalue weighted by Gasteiger charge is 2.52. The molecule has 11 rings (SSSR count). The van der Waals surface area contributed by atoms with Crippen LogP contribution in [0.1, 0.15) is 99.8 Å². The van der Waals surface area contributed by atoms with Crippen LogP contribution in [0.3, 0.4) is 0 Å². The summed E-state index contributed by atoms with van der Waals surface area (Å²) in [5.74, 6) is -2.28. The van der Waals surface area contributed by atoms with Crippen molar-refractivity contribution in [1.82, 2.24) is 40.4 Å². The summed E-state index contributed by atoms with van der Waals surface area (Å²) in [4.78, 5) is 133. The number of nitrogens with zero attached hydrogens (tertiary/aromatic N) is 5. The third-order valence-corrected chi connectivity index (χ3v) is 17.8. The minimum absolute atomic E-state index is 0.00113. The molecule has 5 fully saturated rings. The molecule has 3 N–H and O–H groups in total. The van der Waals surface area contributed by atoms with Gasteiger partial charge >= 0.3 is 12.1 Å². The lowest BCUT2D eigenvalue weighted by atomic mass is 9.98. The van der Waals surface area contributed by atoms with Gasteiger partial charge in [-0.3, -0.25) is 43.3 Å². The highest BCUT2D eigenvalue weighted by molar-refractivity contribution is 5.98. The monoisotopic (exact) mass is 1210 g/mol. The van der Waals surface area contributed by atoms with Crippen molar-refractivity contribution >= 4 is 64.4 Å². The number of furan rings is 1. The van der Waals surface area contributed by atoms with Gasteiger partial charge < -0.3 is 63.7 Å². The number of fused-ring (bicyclic) bond motifs is 4. The Bertz CT molecular complexity index is 3480. The van der Waals surface area contributed by atoms with Gasteiger partial charge in [0.1, 0.15) is 66.3 Å². The zero-order chi connectivity index (χ0) is 61.9. The number of hydrogen-bond acceptors (Lipinski definition) is 15. The van der Waals surface area contributed by atoms with E-state index in [2.05, 4.69) is 16.0 Å². The topological polar surface area (TPSA) is 265 Å². The van der Waals surface area contributed by atoms with E-state index >= 15 is 9.59 Å². The molecule has 23 heteroatoms. The number of esters is 1. The van der Waals surface area contributed by atoms with Crippen LogP contribution in [-0.4, -0.2) is 180 Å². The summed E-state index contributed by atoms with van der Waals surface area (Å²) < 4.78 is 34.3. The van der Waals surface area contributed by atoms with Gasteiger partial charge in [-0.25, -0.2) is 4.79 Å². The zero-order valence-corrected chi connectivity index (χ0v) is 50.1. The van der Waals surface area contributed by atoms with Crippen molar-refractivity contribution in [2.24, 2.45) is 0 Å². The molecule has 1 aromatic heterocycles. The maximum atomic E-state index is 15.1. The molecular weight excluding hydrogens is 1130 g/mol. The molecule has 6 heterocycles. The number of amides is 8. The Morgan fingerprint density at radius 3 is 1.68 bits per heavy atom. The zero-order valence-electron chi connectivity index (χ0n) is 50.1. The van der Waals surface area contributed by atoms with Crippen LogP contribution in [0.5, 0.6) is 23.2 Å². The Morgan fingerprint density at radius 1 is 0.591 bits per heavy atom. The van der Waals surface area contributed by atoms with Gasteiger partial charge in [-0.1, -0.05) is 48.5 Å². The van der Waals surface area contributed by atoms with Crippen LogP contribution in [0, 0.1) is 6.92 Å². The summed E-state index contributed by atoms with van der Waals surface area (Å²) in [6.07, 6.45) is 1.62. The largest absolute Gasteiger partial charge is 0.497 e. The van der Waals surface area contributed by atoms with Crippen LogP contribution in [0.4, 0.5) is 4.79 Å². The second-order valence-electron chi connectivity index (χ2n) is 23.5. The first-order valence-electron chi connectivity index (χ1n) is 30.2. The summed E-state index contributed by atoms with van der Waals surface area (Å²) in [5, 5.41) is 9.22. The number of methoxy groups -OCH3 is 2. The molecule has 5 aromatic rings. The average molecular weight is 1210 g/mol. The minimum atomic E-state index is -1.10. The second kappa shape index (κ2) is 26.1. The van der Waals surface area contributed by atoms with E-state index in [4.69, 9.17) is 28.1 Å². The van der Waals surface area contributed by atoms with Crippen molar-refractivity contribution in [2.75, 3.05) is 60.1 Å². The van der Waals surface area contributed by atoms with Crippen molar-refractivity contribution in [2.45, 2.75) is 133 Å². The lowest BCUT2D eigenvalue weighted by Gasteiger charge is -2.36. The van der Waals surface area contributed by atoms with E-state index in [9.17, 15) is 33.6 Å². The molecule has 23 nitrogen and oxygen atoms in total. The van der Waals surface area contributed by atoms with E-state index in [1.807, 2.05) is 60.7 Å². The summed E-state index contributed by atoms with van der Waals surface area (Å²) in [7, 11) is 3.14. The minimum Gasteiger partial charge on any atom is -0.497 e. The van der Waals surface area contributed by atoms with Crippen LogP contribution in [0.15, 0.2) is 89.3 Å². The normalized spacial score (nSPS) is 22.1. The van der Waals surface area contributed by atoms with Crippen molar-refractivity contribution in [3.8, 4) is 34.3 Å². The van der Waals surface area contributed by atoms with E-state index in [0.29, 0.717) is 65.9 Å². The number of nitrogens with one attached hydrogen (secondary N) is 3. The smallest absolute Gasteiger partial charge is 0.410 e. The number of aryl methyl sites for hydroxylation is 1. The van der Waals surface area contributed by atoms with Gasteiger partial charge in [-0.15, -0.1) is 0 Å². The van der Waals surface area contributed by atoms with E-state index < -0.39 is 83.9 Å². The molecular formula is C65H74N8O15. The highest BCUT2D eigenvalue weighted by Crippen LogP contribution is 2.45. The van der Waals surface area contributed by atoms with E-state index in [-0.39, 0.29) is 102 Å². The molecule has 7 atom stereocenters. The molecule has 5 aliphatic heterocycles. The molecule has 0 radical (unpaired) electrons. The van der Waals surface area contributed by atoms with E-state index in [1.165, 1.54) is 38.3 Å². The standard InChI is InChI=1S/C65H74N8O15/c1-37-46-21-20-43(85-35-40-27-44(83-4)31-45(28-40)84-5)32-57(46)87-64(37)88-58(76)22-23-66-59(77)52-17-10-24-69(52)62(80)55-29-41(67-38(2)74)33-72(55)60(78)53-18-11-25-70(53)63(81)56-30-42(68-39(3)75)34-73(56)61(79)54-19-12-26-71(54)65(82)86-36-51-49-15-8-6-13-47(49)48-14-7-9-16-50(48)51/h6-9,13-16,20-21,27-28,31-32,41-42,51-56H,10-12,17-19,22-26,29-30,33-36H2,1-5H3,(H,66,77)(H,67,74)(H,68,75)/t41-,42-,52?,53?,54?,55?,56?/m0/s1. The fourth-order valence-corrected chi connectivity index (χ4v) is 13.7. The number of rotatable bonds is 18. The lowest BCUT2D eigenvalue weighted by Crippen LogP contribution is -2.58. The van der Waals surface area contributed by atoms with Gasteiger partial charge in [0.2, 0.25) is 41.4 Å². The van der Waals surface area contributed by atoms with Gasteiger partial charge in [0, 0.05) is 94.2 Å². The molecule has 1 aliphatic carbocycles. The lowest BCUT2D eigenvalue weighted by molar-refractivity contribution is -0.153. The van der Waals surface area contributed by atoms with Crippen molar-refractivity contribution in [3.05, 3.63) is 107 Å². The number of ether oxygens (including phenoxy) is 5. The maximum absolute atomic E-state index is 15.1. The number of hydrogen-bond donors (Lipinski definition) is 3. The SMILES string of the molecule is COc1cc(COc2ccc3c(C)c(OC(=O)CCNC(=O)C4CCCN4C(=O)C4C[C@H](NC(C)=O)CN4C(=O)C4CCCN4C(=O)C4C[C@H](NC(C)=O)CN4C(=O)C4CCCN4C(=O)OCC4c5ccccc5-c5ccccc54)oc3c2)cc(OC)c1. The van der Waals surface area contributed by atoms with Gasteiger partial charge in [0.05, 0.1) is 20.6 Å². The fraction of sp³-hybridized carbons (Fsp3) is 0.462. The Hall–Kier alpha value is -9.15. The Labute approximate surface area is 509 Å². The predicted molar refractivity (Wildman–Crippen MR) is 318 cm³/mol. The van der Waals surface area contributed by atoms with Gasteiger partial charge in [0.15, 0.2) is 0 Å². The second-order valence-corrected chi connectivity index (χ2v) is 23.5. The summed E-state index contributed by atoms with van der Waals surface area (Å²) >= 11 is 0. The average Bonchev–Trinajstić information content (AvgIpc) is 1.85. The highest BCUT2D eigenvalue weighted by atomic mass is 16.6. The molecule has 0 spiro atoms. The molecule has 464 valence electrons. The molecule has 88 heavy (non-hydrogen) atoms. The van der Waals surface area contributed by atoms with Crippen LogP contribution in [0.25, 0.3) is 22.1 Å². The quantitative estimate of drug-likeness (QED) is 0.0933. The maximum Gasteiger partial charge on any atom is 0.410 e. The third-order valence-electron chi connectivity index (χ3n) is 17.8. The van der Waals surface area contributed by atoms with Crippen molar-refractivity contribution in [3.63, 3.8) is 0 Å². The van der Waals surface area contributed by atoms with Crippen LogP contribution in [-0.2, 0) is 49.7 Å². The first-order valence-corrected chi connectivity index (χ1v) is 30.2. The van der Waals surface area contributed by atoms with Crippen molar-refractivity contribution < 1.29 is 71.3 Å². The summed E-state index contributed by atoms with van der Waals surface area (Å²) in [5.41, 5.74) is 6.10. The molecule has 0 saturated carbocycles. The van der Waals surface area contributed by atoms with Crippen LogP contribution >= 0.6 is 0 Å². The van der Waals surface area contributed by atoms with E-state index in [1.54, 1.807) is 45.4 Å². The first-order chi connectivity index (χ1) is 42.5. The molecule has 0 bridgehead atoms. The first kappa shape index (κ1) is 60.5. The molecule has 4 aromatic carbocycles.